The van der Waals surface area contributed by atoms with Crippen molar-refractivity contribution in [1.29, 1.82) is 0 Å². The molecular formula is C17H14F2N2O2S. The van der Waals surface area contributed by atoms with Crippen molar-refractivity contribution >= 4 is 22.4 Å². The van der Waals surface area contributed by atoms with Crippen LogP contribution in [-0.2, 0) is 11.2 Å². The number of anilines is 1. The van der Waals surface area contributed by atoms with Crippen molar-refractivity contribution < 1.29 is 18.0 Å². The van der Waals surface area contributed by atoms with Crippen LogP contribution in [0.1, 0.15) is 17.1 Å². The number of carbonyl (C=O) groups excluding carboxylic acids is 1. The monoisotopic (exact) mass is 348 g/mol. The Balaban J connectivity index is 1.69. The first-order valence-corrected chi connectivity index (χ1v) is 8.09. The molecule has 0 spiro atoms. The SMILES string of the molecule is Cc1sc(NC(=O)CCc2ccco2)nc1-c1ccc(F)c(F)c1. The van der Waals surface area contributed by atoms with E-state index in [0.29, 0.717) is 22.8 Å². The van der Waals surface area contributed by atoms with Crippen LogP contribution in [-0.4, -0.2) is 10.9 Å². The molecule has 0 aliphatic heterocycles. The van der Waals surface area contributed by atoms with E-state index in [2.05, 4.69) is 10.3 Å². The summed E-state index contributed by atoms with van der Waals surface area (Å²) in [4.78, 5) is 17.1. The van der Waals surface area contributed by atoms with Crippen LogP contribution in [0.25, 0.3) is 11.3 Å². The summed E-state index contributed by atoms with van der Waals surface area (Å²) in [7, 11) is 0. The van der Waals surface area contributed by atoms with E-state index in [4.69, 9.17) is 4.42 Å². The molecule has 24 heavy (non-hydrogen) atoms. The van der Waals surface area contributed by atoms with Gasteiger partial charge in [0.05, 0.1) is 12.0 Å². The molecule has 4 nitrogen and oxygen atoms in total. The van der Waals surface area contributed by atoms with Crippen molar-refractivity contribution in [2.75, 3.05) is 5.32 Å². The third kappa shape index (κ3) is 3.68. The molecule has 2 aromatic heterocycles. The number of benzene rings is 1. The van der Waals surface area contributed by atoms with E-state index in [9.17, 15) is 13.6 Å². The summed E-state index contributed by atoms with van der Waals surface area (Å²) in [5, 5.41) is 3.15. The van der Waals surface area contributed by atoms with Gasteiger partial charge in [-0.25, -0.2) is 13.8 Å². The van der Waals surface area contributed by atoms with Gasteiger partial charge in [-0.05, 0) is 37.3 Å². The topological polar surface area (TPSA) is 55.1 Å². The third-order valence-electron chi connectivity index (χ3n) is 3.41. The Labute approximate surface area is 141 Å². The highest BCUT2D eigenvalue weighted by Gasteiger charge is 2.14. The number of thiazole rings is 1. The van der Waals surface area contributed by atoms with Gasteiger partial charge in [-0.2, -0.15) is 0 Å². The van der Waals surface area contributed by atoms with Gasteiger partial charge in [-0.1, -0.05) is 0 Å². The number of aromatic nitrogens is 1. The van der Waals surface area contributed by atoms with Crippen LogP contribution in [0.15, 0.2) is 41.0 Å². The van der Waals surface area contributed by atoms with E-state index >= 15 is 0 Å². The van der Waals surface area contributed by atoms with E-state index < -0.39 is 11.6 Å². The molecule has 2 heterocycles. The number of nitrogens with one attached hydrogen (secondary N) is 1. The second-order valence-corrected chi connectivity index (χ2v) is 6.38. The van der Waals surface area contributed by atoms with Crippen molar-refractivity contribution in [3.8, 4) is 11.3 Å². The molecule has 3 aromatic rings. The Kier molecular flexibility index (Phi) is 4.71. The Bertz CT molecular complexity index is 860. The maximum Gasteiger partial charge on any atom is 0.226 e. The number of hydrogen-bond acceptors (Lipinski definition) is 4. The summed E-state index contributed by atoms with van der Waals surface area (Å²) in [6, 6.07) is 7.20. The molecule has 1 aromatic carbocycles. The first kappa shape index (κ1) is 16.3. The molecule has 0 atom stereocenters. The predicted molar refractivity (Wildman–Crippen MR) is 87.9 cm³/mol. The molecule has 0 fully saturated rings. The molecule has 1 amide bonds. The predicted octanol–water partition coefficient (Wildman–Crippen LogP) is 4.56. The molecule has 124 valence electrons. The zero-order valence-corrected chi connectivity index (χ0v) is 13.6. The van der Waals surface area contributed by atoms with E-state index in [1.807, 2.05) is 13.0 Å². The Hall–Kier alpha value is -2.54. The lowest BCUT2D eigenvalue weighted by Crippen LogP contribution is -2.11. The van der Waals surface area contributed by atoms with Gasteiger partial charge < -0.3 is 9.73 Å². The average molecular weight is 348 g/mol. The van der Waals surface area contributed by atoms with E-state index in [0.717, 1.165) is 22.8 Å². The molecule has 0 aliphatic rings. The van der Waals surface area contributed by atoms with Gasteiger partial charge >= 0.3 is 0 Å². The molecule has 7 heteroatoms. The summed E-state index contributed by atoms with van der Waals surface area (Å²) in [6.45, 7) is 1.81. The highest BCUT2D eigenvalue weighted by atomic mass is 32.1. The van der Waals surface area contributed by atoms with E-state index in [1.165, 1.54) is 17.4 Å². The highest BCUT2D eigenvalue weighted by molar-refractivity contribution is 7.16. The molecule has 0 radical (unpaired) electrons. The number of aryl methyl sites for hydroxylation is 2. The number of hydrogen-bond donors (Lipinski definition) is 1. The van der Waals surface area contributed by atoms with Crippen LogP contribution in [0.2, 0.25) is 0 Å². The second-order valence-electron chi connectivity index (χ2n) is 5.18. The maximum absolute atomic E-state index is 13.4. The minimum absolute atomic E-state index is 0.183. The molecular weight excluding hydrogens is 334 g/mol. The van der Waals surface area contributed by atoms with Gasteiger partial charge in [0, 0.05) is 23.3 Å². The lowest BCUT2D eigenvalue weighted by atomic mass is 10.1. The van der Waals surface area contributed by atoms with Crippen LogP contribution in [0.3, 0.4) is 0 Å². The van der Waals surface area contributed by atoms with Crippen LogP contribution in [0.4, 0.5) is 13.9 Å². The van der Waals surface area contributed by atoms with Gasteiger partial charge in [0.1, 0.15) is 5.76 Å². The number of nitrogens with zero attached hydrogens (tertiary/aromatic N) is 1. The van der Waals surface area contributed by atoms with Gasteiger partial charge in [0.25, 0.3) is 0 Å². The molecule has 1 N–H and O–H groups in total. The summed E-state index contributed by atoms with van der Waals surface area (Å²) in [5.74, 6) is -1.28. The fourth-order valence-corrected chi connectivity index (χ4v) is 3.09. The fraction of sp³-hybridized carbons (Fsp3) is 0.176. The standard InChI is InChI=1S/C17H14F2N2O2S/c1-10-16(11-4-6-13(18)14(19)9-11)21-17(24-10)20-15(22)7-5-12-3-2-8-23-12/h2-4,6,8-9H,5,7H2,1H3,(H,20,21,22). The Morgan fingerprint density at radius 3 is 2.83 bits per heavy atom. The zero-order chi connectivity index (χ0) is 17.1. The normalized spacial score (nSPS) is 10.8. The number of rotatable bonds is 5. The number of amides is 1. The lowest BCUT2D eigenvalue weighted by molar-refractivity contribution is -0.116. The zero-order valence-electron chi connectivity index (χ0n) is 12.8. The third-order valence-corrected chi connectivity index (χ3v) is 4.30. The quantitative estimate of drug-likeness (QED) is 0.735. The first-order valence-electron chi connectivity index (χ1n) is 7.28. The maximum atomic E-state index is 13.4. The summed E-state index contributed by atoms with van der Waals surface area (Å²) in [6.07, 6.45) is 2.33. The van der Waals surface area contributed by atoms with Crippen molar-refractivity contribution in [3.05, 3.63) is 58.9 Å². The van der Waals surface area contributed by atoms with Gasteiger partial charge in [-0.3, -0.25) is 4.79 Å². The molecule has 0 bridgehead atoms. The highest BCUT2D eigenvalue weighted by Crippen LogP contribution is 2.31. The lowest BCUT2D eigenvalue weighted by Gasteiger charge is -2.01. The minimum Gasteiger partial charge on any atom is -0.469 e. The molecule has 0 aliphatic carbocycles. The van der Waals surface area contributed by atoms with Gasteiger partial charge in [0.15, 0.2) is 16.8 Å². The van der Waals surface area contributed by atoms with E-state index in [-0.39, 0.29) is 12.3 Å². The fourth-order valence-electron chi connectivity index (χ4n) is 2.23. The molecule has 0 unspecified atom stereocenters. The van der Waals surface area contributed by atoms with Crippen LogP contribution >= 0.6 is 11.3 Å². The second kappa shape index (κ2) is 6.92. The van der Waals surface area contributed by atoms with Crippen LogP contribution in [0.5, 0.6) is 0 Å². The van der Waals surface area contributed by atoms with Gasteiger partial charge in [-0.15, -0.1) is 11.3 Å². The van der Waals surface area contributed by atoms with Gasteiger partial charge in [0.2, 0.25) is 5.91 Å². The summed E-state index contributed by atoms with van der Waals surface area (Å²) in [5.41, 5.74) is 0.999. The molecule has 3 rings (SSSR count). The molecule has 0 saturated carbocycles. The summed E-state index contributed by atoms with van der Waals surface area (Å²) >= 11 is 1.29. The Morgan fingerprint density at radius 2 is 2.12 bits per heavy atom. The van der Waals surface area contributed by atoms with Crippen LogP contribution < -0.4 is 5.32 Å². The number of carbonyl (C=O) groups is 1. The van der Waals surface area contributed by atoms with E-state index in [1.54, 1.807) is 12.3 Å². The Morgan fingerprint density at radius 1 is 1.29 bits per heavy atom. The average Bonchev–Trinajstić information content (AvgIpc) is 3.18. The molecule has 0 saturated heterocycles. The number of furan rings is 1. The van der Waals surface area contributed by atoms with Crippen molar-refractivity contribution in [2.45, 2.75) is 19.8 Å². The first-order chi connectivity index (χ1) is 11.5. The van der Waals surface area contributed by atoms with Crippen molar-refractivity contribution in [1.82, 2.24) is 4.98 Å². The number of halogens is 2. The largest absolute Gasteiger partial charge is 0.469 e. The van der Waals surface area contributed by atoms with Crippen molar-refractivity contribution in [3.63, 3.8) is 0 Å². The smallest absolute Gasteiger partial charge is 0.226 e. The van der Waals surface area contributed by atoms with Crippen LogP contribution in [0, 0.1) is 18.6 Å². The minimum atomic E-state index is -0.927. The summed E-state index contributed by atoms with van der Waals surface area (Å²) < 4.78 is 31.6. The van der Waals surface area contributed by atoms with Crippen molar-refractivity contribution in [2.24, 2.45) is 0 Å².